The predicted octanol–water partition coefficient (Wildman–Crippen LogP) is 4.35. The molecule has 2 aromatic rings. The lowest BCUT2D eigenvalue weighted by atomic mass is 9.81. The summed E-state index contributed by atoms with van der Waals surface area (Å²) in [7, 11) is 0. The number of carbonyl (C=O) groups excluding carboxylic acids is 1. The molecule has 48 heavy (non-hydrogen) atoms. The van der Waals surface area contributed by atoms with Gasteiger partial charge in [-0.1, -0.05) is 75.4 Å². The smallest absolute Gasteiger partial charge is 0.220 e. The number of rotatable bonds is 12. The van der Waals surface area contributed by atoms with Crippen LogP contribution in [-0.4, -0.2) is 87.0 Å². The monoisotopic (exact) mass is 658 g/mol. The molecule has 1 saturated heterocycles. The number of anilines is 1. The summed E-state index contributed by atoms with van der Waals surface area (Å²) >= 11 is 0. The van der Waals surface area contributed by atoms with Crippen molar-refractivity contribution in [1.29, 1.82) is 0 Å². The Labute approximate surface area is 284 Å². The van der Waals surface area contributed by atoms with Crippen LogP contribution in [0.1, 0.15) is 71.4 Å². The number of amides is 1. The van der Waals surface area contributed by atoms with Crippen molar-refractivity contribution in [2.45, 2.75) is 102 Å². The number of aliphatic hydroxyl groups is 4. The summed E-state index contributed by atoms with van der Waals surface area (Å²) in [5, 5.41) is 42.6. The van der Waals surface area contributed by atoms with Crippen LogP contribution in [0.3, 0.4) is 0 Å². The Kier molecular flexibility index (Phi) is 11.1. The molecular formula is C39H52N3O6+. The lowest BCUT2D eigenvalue weighted by molar-refractivity contribution is -0.437. The zero-order valence-electron chi connectivity index (χ0n) is 28.8. The van der Waals surface area contributed by atoms with Crippen molar-refractivity contribution in [1.82, 2.24) is 5.32 Å². The van der Waals surface area contributed by atoms with Gasteiger partial charge in [-0.25, -0.2) is 0 Å². The lowest BCUT2D eigenvalue weighted by Gasteiger charge is -2.40. The molecule has 3 aliphatic heterocycles. The third-order valence-electron chi connectivity index (χ3n) is 10.0. The van der Waals surface area contributed by atoms with Gasteiger partial charge in [0.25, 0.3) is 0 Å². The highest BCUT2D eigenvalue weighted by Gasteiger charge is 2.45. The van der Waals surface area contributed by atoms with Crippen LogP contribution < -0.4 is 10.2 Å². The van der Waals surface area contributed by atoms with E-state index in [-0.39, 0.29) is 23.2 Å². The maximum absolute atomic E-state index is 12.7. The highest BCUT2D eigenvalue weighted by Crippen LogP contribution is 2.47. The summed E-state index contributed by atoms with van der Waals surface area (Å²) in [5.41, 5.74) is 7.27. The maximum atomic E-state index is 12.7. The van der Waals surface area contributed by atoms with Gasteiger partial charge in [0.2, 0.25) is 11.6 Å². The van der Waals surface area contributed by atoms with E-state index in [0.717, 1.165) is 25.1 Å². The number of aliphatic hydroxyl groups excluding tert-OH is 4. The van der Waals surface area contributed by atoms with Gasteiger partial charge in [-0.3, -0.25) is 4.79 Å². The van der Waals surface area contributed by atoms with Gasteiger partial charge in [0, 0.05) is 53.9 Å². The zero-order valence-corrected chi connectivity index (χ0v) is 28.8. The SMILES string of the molecule is CCC[N+]1=C(/C=C/C=C/C=C2/N(CCCCC(=O)N[C@@H]3C(O)O[C@H](CO)[C@@H](O)[C@@H]3O)c3ccccc3C2(C)C)C(C)(C)c2ccccc21. The summed E-state index contributed by atoms with van der Waals surface area (Å²) in [6.45, 7) is 12.4. The topological polar surface area (TPSA) is 126 Å². The Bertz CT molecular complexity index is 1590. The van der Waals surface area contributed by atoms with Crippen molar-refractivity contribution < 1.29 is 34.5 Å². The average Bonchev–Trinajstić information content (AvgIpc) is 3.41. The molecule has 5 rings (SSSR count). The molecule has 0 spiro atoms. The number of ether oxygens (including phenoxy) is 1. The number of benzene rings is 2. The fourth-order valence-corrected chi connectivity index (χ4v) is 7.41. The summed E-state index contributed by atoms with van der Waals surface area (Å²) in [6.07, 6.45) is 7.84. The molecule has 3 aliphatic rings. The number of hydrogen-bond acceptors (Lipinski definition) is 7. The number of fused-ring (bicyclic) bond motifs is 2. The van der Waals surface area contributed by atoms with E-state index in [4.69, 9.17) is 4.74 Å². The van der Waals surface area contributed by atoms with Crippen molar-refractivity contribution in [3.8, 4) is 0 Å². The molecule has 5 atom stereocenters. The number of allylic oxidation sites excluding steroid dienone is 6. The number of nitrogens with one attached hydrogen (secondary N) is 1. The van der Waals surface area contributed by atoms with Gasteiger partial charge in [0.05, 0.1) is 12.0 Å². The minimum atomic E-state index is -1.53. The van der Waals surface area contributed by atoms with E-state index >= 15 is 0 Å². The van der Waals surface area contributed by atoms with Crippen molar-refractivity contribution >= 4 is 23.0 Å². The molecule has 0 saturated carbocycles. The number of nitrogens with zero attached hydrogens (tertiary/aromatic N) is 2. The maximum Gasteiger partial charge on any atom is 0.220 e. The molecule has 3 heterocycles. The molecule has 1 unspecified atom stereocenters. The predicted molar refractivity (Wildman–Crippen MR) is 188 cm³/mol. The van der Waals surface area contributed by atoms with Crippen LogP contribution in [0.15, 0.2) is 84.6 Å². The van der Waals surface area contributed by atoms with Gasteiger partial charge in [-0.05, 0) is 44.4 Å². The Morgan fingerprint density at radius 2 is 1.65 bits per heavy atom. The highest BCUT2D eigenvalue weighted by atomic mass is 16.6. The Hall–Kier alpha value is -3.60. The fraction of sp³-hybridized carbons (Fsp3) is 0.487. The Balaban J connectivity index is 1.25. The van der Waals surface area contributed by atoms with Crippen LogP contribution in [0, 0.1) is 0 Å². The van der Waals surface area contributed by atoms with Gasteiger partial charge in [-0.15, -0.1) is 0 Å². The molecule has 5 N–H and O–H groups in total. The highest BCUT2D eigenvalue weighted by molar-refractivity contribution is 6.03. The van der Waals surface area contributed by atoms with E-state index in [9.17, 15) is 25.2 Å². The van der Waals surface area contributed by atoms with E-state index in [2.05, 4.69) is 128 Å². The summed E-state index contributed by atoms with van der Waals surface area (Å²) in [6, 6.07) is 15.9. The number of para-hydroxylation sites is 2. The second-order valence-corrected chi connectivity index (χ2v) is 14.0. The van der Waals surface area contributed by atoms with Gasteiger partial charge in [-0.2, -0.15) is 4.58 Å². The van der Waals surface area contributed by atoms with Crippen LogP contribution in [0.25, 0.3) is 0 Å². The van der Waals surface area contributed by atoms with Gasteiger partial charge < -0.3 is 35.4 Å². The fourth-order valence-electron chi connectivity index (χ4n) is 7.41. The molecule has 2 aromatic carbocycles. The van der Waals surface area contributed by atoms with E-state index < -0.39 is 37.3 Å². The Morgan fingerprint density at radius 3 is 2.38 bits per heavy atom. The summed E-state index contributed by atoms with van der Waals surface area (Å²) in [4.78, 5) is 15.1. The second kappa shape index (κ2) is 14.9. The molecule has 0 radical (unpaired) electrons. The number of hydrogen-bond donors (Lipinski definition) is 5. The molecule has 9 heteroatoms. The lowest BCUT2D eigenvalue weighted by Crippen LogP contribution is -2.64. The van der Waals surface area contributed by atoms with Crippen molar-refractivity contribution in [2.24, 2.45) is 0 Å². The largest absolute Gasteiger partial charge is 0.394 e. The van der Waals surface area contributed by atoms with Gasteiger partial charge in [0.1, 0.15) is 30.9 Å². The van der Waals surface area contributed by atoms with E-state index in [1.807, 2.05) is 0 Å². The molecule has 0 aromatic heterocycles. The van der Waals surface area contributed by atoms with E-state index in [0.29, 0.717) is 13.0 Å². The van der Waals surface area contributed by atoms with Gasteiger partial charge >= 0.3 is 0 Å². The van der Waals surface area contributed by atoms with Crippen molar-refractivity contribution in [3.05, 3.63) is 95.7 Å². The van der Waals surface area contributed by atoms with E-state index in [1.165, 1.54) is 28.2 Å². The summed E-state index contributed by atoms with van der Waals surface area (Å²) < 4.78 is 7.60. The first-order valence-corrected chi connectivity index (χ1v) is 17.2. The van der Waals surface area contributed by atoms with Crippen molar-refractivity contribution in [3.63, 3.8) is 0 Å². The first-order valence-electron chi connectivity index (χ1n) is 17.2. The number of unbranched alkanes of at least 4 members (excludes halogenated alkanes) is 1. The molecule has 1 amide bonds. The average molecular weight is 659 g/mol. The third-order valence-corrected chi connectivity index (χ3v) is 10.0. The molecule has 1 fully saturated rings. The molecule has 9 nitrogen and oxygen atoms in total. The van der Waals surface area contributed by atoms with Gasteiger partial charge in [0.15, 0.2) is 12.0 Å². The minimum absolute atomic E-state index is 0.0780. The quantitative estimate of drug-likeness (QED) is 0.131. The minimum Gasteiger partial charge on any atom is -0.394 e. The van der Waals surface area contributed by atoms with Crippen LogP contribution in [0.2, 0.25) is 0 Å². The third kappa shape index (κ3) is 6.93. The second-order valence-electron chi connectivity index (χ2n) is 14.0. The number of carbonyl (C=O) groups is 1. The van der Waals surface area contributed by atoms with Crippen molar-refractivity contribution in [2.75, 3.05) is 24.6 Å². The molecule has 258 valence electrons. The Morgan fingerprint density at radius 1 is 0.938 bits per heavy atom. The first-order chi connectivity index (χ1) is 22.9. The zero-order chi connectivity index (χ0) is 34.6. The normalized spacial score (nSPS) is 26.9. The van der Waals surface area contributed by atoms with Crippen LogP contribution >= 0.6 is 0 Å². The molecule has 0 aliphatic carbocycles. The van der Waals surface area contributed by atoms with Crippen LogP contribution in [-0.2, 0) is 20.4 Å². The van der Waals surface area contributed by atoms with E-state index in [1.54, 1.807) is 0 Å². The first kappa shape index (κ1) is 35.7. The molecular weight excluding hydrogens is 606 g/mol. The standard InChI is InChI=1S/C39H51N3O6/c1-6-23-41-28-18-12-10-16-26(28)38(2,3)31(41)20-8-7-9-21-32-39(4,5)27-17-11-13-19-29(27)42(32)24-15-14-22-33(44)40-34-36(46)35(45)30(25-43)48-37(34)47/h7-13,16-21,30,34-37,43,45-47H,6,14-15,22-25H2,1-5H3/p+1/t30-,34+,35-,36-,37?/m1/s1. The molecule has 0 bridgehead atoms. The summed E-state index contributed by atoms with van der Waals surface area (Å²) in [5.74, 6) is -0.354. The van der Waals surface area contributed by atoms with Crippen LogP contribution in [0.5, 0.6) is 0 Å². The van der Waals surface area contributed by atoms with Crippen LogP contribution in [0.4, 0.5) is 11.4 Å².